The molecule has 0 aliphatic carbocycles. The monoisotopic (exact) mass is 2410 g/mol. The molecule has 0 fully saturated rings. The minimum atomic E-state index is -4.94. The Kier molecular flexibility index (Phi) is 39.0. The molecule has 6 N–H and O–H groups in total. The summed E-state index contributed by atoms with van der Waals surface area (Å²) in [4.78, 5) is 95.0. The van der Waals surface area contributed by atoms with Crippen LogP contribution in [0.3, 0.4) is 0 Å². The van der Waals surface area contributed by atoms with Crippen LogP contribution in [0.4, 0.5) is 75.4 Å². The van der Waals surface area contributed by atoms with Gasteiger partial charge in [-0.05, 0) is 155 Å². The molecule has 8 heterocycles. The maximum absolute atomic E-state index is 13.6. The van der Waals surface area contributed by atoms with E-state index in [0.717, 1.165) is 104 Å². The molecule has 0 spiro atoms. The van der Waals surface area contributed by atoms with Crippen molar-refractivity contribution in [1.82, 2.24) is 39.9 Å². The van der Waals surface area contributed by atoms with Crippen molar-refractivity contribution in [2.75, 3.05) is 66.3 Å². The number of ether oxygens (including phenoxy) is 4. The molecule has 149 heavy (non-hydrogen) atoms. The molecule has 794 valence electrons. The fourth-order valence-corrected chi connectivity index (χ4v) is 20.6. The van der Waals surface area contributed by atoms with Crippen LogP contribution >= 0.6 is 121 Å². The molecular formula is C88H66BrCl9F12N12O23S4. The third-order valence-corrected chi connectivity index (χ3v) is 29.0. The lowest BCUT2D eigenvalue weighted by molar-refractivity contribution is -0.138. The standard InChI is InChI=1S/C22H16Cl2F3N3O6S.C22H14Cl2F3N3O6S.C20H10Cl2F3N3O5S.C14H10BrCl2F3N2O3S.C8H7NO3.2CH4.ClH/c2*1-35-10-30(37(33,34)12-5-6-15(24)14(8-12)22(25,26)27)17-7-11(23)9-28-18(17)19(31)13-3-2-4-16-20(13)36-21(32)29-16;21-9-6-15(28-34(31,32)10-4-5-13(22)12(7-10)20(23,24)25)16(26-8-9)17(29)11-2-1-3-14-18(11)33-19(30)27-14;1-25-7-22(12-4-8(16)6-21-13(12)15)26(23,24)9-2-3-11(17)10(5-9)14(18,19)20;1-11-6-4-2-3-5-7(6)12-8(10)9-5;;;/h2-9,19,31H,10H2,1H3,(H,29,32);2-9H,10H2,1H3,(H,29,32);1-8,28H,(H,27,30);2-6H,7H2,1H3;2-4H,1H3,(H,9,10);2*1H4;1H. The van der Waals surface area contributed by atoms with Gasteiger partial charge in [-0.25, -0.2) is 80.7 Å². The van der Waals surface area contributed by atoms with E-state index >= 15 is 0 Å². The van der Waals surface area contributed by atoms with E-state index in [0.29, 0.717) is 49.7 Å². The molecule has 8 aromatic carbocycles. The third kappa shape index (κ3) is 27.4. The summed E-state index contributed by atoms with van der Waals surface area (Å²) in [5, 5.41) is 8.46. The van der Waals surface area contributed by atoms with E-state index in [4.69, 9.17) is 129 Å². The van der Waals surface area contributed by atoms with Gasteiger partial charge in [0.2, 0.25) is 11.6 Å². The number of aliphatic hydroxyl groups excluding tert-OH is 1. The fraction of sp³-hybridized carbons (Fsp3) is 0.159. The van der Waals surface area contributed by atoms with Gasteiger partial charge in [-0.15, -0.1) is 12.4 Å². The lowest BCUT2D eigenvalue weighted by Crippen LogP contribution is -2.34. The van der Waals surface area contributed by atoms with E-state index < -0.39 is 210 Å². The van der Waals surface area contributed by atoms with E-state index in [9.17, 15) is 120 Å². The van der Waals surface area contributed by atoms with Gasteiger partial charge in [-0.1, -0.05) is 138 Å². The Bertz CT molecular complexity index is 8500. The molecule has 0 aliphatic heterocycles. The quantitative estimate of drug-likeness (QED) is 0.0134. The first-order valence-electron chi connectivity index (χ1n) is 39.5. The van der Waals surface area contributed by atoms with Crippen LogP contribution in [0.5, 0.6) is 5.75 Å². The molecule has 1 atom stereocenters. The summed E-state index contributed by atoms with van der Waals surface area (Å²) < 4.78 is 309. The second kappa shape index (κ2) is 48.3. The zero-order valence-corrected chi connectivity index (χ0v) is 84.9. The second-order valence-electron chi connectivity index (χ2n) is 29.1. The Labute approximate surface area is 885 Å². The number of ketones is 2. The number of alkyl halides is 12. The summed E-state index contributed by atoms with van der Waals surface area (Å²) in [5.74, 6) is -4.03. The molecule has 0 saturated carbocycles. The van der Waals surface area contributed by atoms with Gasteiger partial charge in [0, 0.05) is 51.7 Å². The first-order chi connectivity index (χ1) is 68.3. The number of aliphatic hydroxyl groups is 1. The Hall–Kier alpha value is -12.3. The van der Waals surface area contributed by atoms with Crippen LogP contribution in [-0.2, 0) is 79.0 Å². The molecule has 1 unspecified atom stereocenters. The third-order valence-electron chi connectivity index (χ3n) is 19.6. The summed E-state index contributed by atoms with van der Waals surface area (Å²) in [5.41, 5.74) is -6.16. The van der Waals surface area contributed by atoms with Crippen molar-refractivity contribution >= 4 is 240 Å². The van der Waals surface area contributed by atoms with Crippen molar-refractivity contribution in [2.24, 2.45) is 0 Å². The fourth-order valence-electron chi connectivity index (χ4n) is 13.2. The predicted octanol–water partition coefficient (Wildman–Crippen LogP) is 22.3. The zero-order chi connectivity index (χ0) is 107. The van der Waals surface area contributed by atoms with Gasteiger partial charge in [0.1, 0.15) is 42.3 Å². The van der Waals surface area contributed by atoms with Gasteiger partial charge < -0.3 is 41.7 Å². The largest absolute Gasteiger partial charge is 0.493 e. The van der Waals surface area contributed by atoms with Crippen LogP contribution in [0.15, 0.2) is 256 Å². The Morgan fingerprint density at radius 2 is 0.725 bits per heavy atom. The van der Waals surface area contributed by atoms with Crippen molar-refractivity contribution in [3.05, 3.63) is 338 Å². The van der Waals surface area contributed by atoms with Crippen molar-refractivity contribution in [3.8, 4) is 5.75 Å². The summed E-state index contributed by atoms with van der Waals surface area (Å²) in [6.45, 7) is -1.89. The number of H-pyrrole nitrogens is 4. The number of halogens is 22. The highest BCUT2D eigenvalue weighted by molar-refractivity contribution is 9.10. The van der Waals surface area contributed by atoms with Gasteiger partial charge >= 0.3 is 47.7 Å². The lowest BCUT2D eigenvalue weighted by Gasteiger charge is -2.27. The van der Waals surface area contributed by atoms with Gasteiger partial charge in [-0.3, -0.25) is 39.2 Å². The van der Waals surface area contributed by atoms with Crippen molar-refractivity contribution in [2.45, 2.75) is 65.2 Å². The highest BCUT2D eigenvalue weighted by Crippen LogP contribution is 2.45. The zero-order valence-electron chi connectivity index (χ0n) is 73.2. The van der Waals surface area contributed by atoms with Gasteiger partial charge in [0.05, 0.1) is 151 Å². The molecule has 0 bridgehead atoms. The summed E-state index contributed by atoms with van der Waals surface area (Å²) in [6, 6.07) is 31.3. The molecule has 0 aliphatic rings. The number of oxazole rings is 4. The predicted molar refractivity (Wildman–Crippen MR) is 531 cm³/mol. The smallest absolute Gasteiger partial charge is 0.417 e. The molecule has 0 saturated heterocycles. The maximum Gasteiger partial charge on any atom is 0.417 e. The lowest BCUT2D eigenvalue weighted by atomic mass is 10.0. The van der Waals surface area contributed by atoms with Crippen molar-refractivity contribution in [1.29, 1.82) is 0 Å². The number of aromatic amines is 4. The number of hydrogen-bond donors (Lipinski definition) is 6. The van der Waals surface area contributed by atoms with Crippen molar-refractivity contribution < 1.29 is 138 Å². The Morgan fingerprint density at radius 3 is 1.13 bits per heavy atom. The maximum atomic E-state index is 13.6. The normalized spacial score (nSPS) is 12.0. The molecule has 16 rings (SSSR count). The number of fused-ring (bicyclic) bond motifs is 4. The topological polar surface area (TPSA) is 485 Å². The van der Waals surface area contributed by atoms with Gasteiger partial charge in [0.25, 0.3) is 40.1 Å². The van der Waals surface area contributed by atoms with Gasteiger partial charge in [-0.2, -0.15) is 52.7 Å². The average Bonchev–Trinajstić information content (AvgIpc) is 1.37. The number of anilines is 4. The summed E-state index contributed by atoms with van der Waals surface area (Å²) >= 11 is 49.4. The number of rotatable bonds is 25. The molecule has 8 aromatic heterocycles. The number of nitrogens with zero attached hydrogens (tertiary/aromatic N) is 7. The highest BCUT2D eigenvalue weighted by atomic mass is 79.9. The number of benzene rings is 8. The van der Waals surface area contributed by atoms with E-state index in [1.165, 1.54) is 81.1 Å². The van der Waals surface area contributed by atoms with E-state index in [1.807, 2.05) is 4.72 Å². The van der Waals surface area contributed by atoms with Crippen LogP contribution in [0.2, 0.25) is 40.2 Å². The first-order valence-corrected chi connectivity index (χ1v) is 49.1. The summed E-state index contributed by atoms with van der Waals surface area (Å²) in [6.07, 6.45) is -16.7. The minimum Gasteiger partial charge on any atom is -0.493 e. The number of aromatic nitrogens is 8. The molecular weight excluding hydrogens is 2350 g/mol. The number of sulfonamides is 4. The first kappa shape index (κ1) is 120. The number of carbonyl (C=O) groups excluding carboxylic acids is 2. The van der Waals surface area contributed by atoms with E-state index in [1.54, 1.807) is 18.2 Å². The molecule has 0 radical (unpaired) electrons. The highest BCUT2D eigenvalue weighted by Gasteiger charge is 2.43. The van der Waals surface area contributed by atoms with Crippen LogP contribution in [0.25, 0.3) is 44.4 Å². The molecule has 0 amide bonds. The second-order valence-corrected chi connectivity index (χ2v) is 40.5. The van der Waals surface area contributed by atoms with Gasteiger partial charge in [0.15, 0.2) is 28.1 Å². The summed E-state index contributed by atoms with van der Waals surface area (Å²) in [7, 11) is -13.6. The van der Waals surface area contributed by atoms with Crippen molar-refractivity contribution in [3.63, 3.8) is 0 Å². The molecule has 35 nitrogen and oxygen atoms in total. The van der Waals surface area contributed by atoms with Crippen LogP contribution in [0, 0.1) is 0 Å². The SMILES string of the molecule is C.C.COCN(c1cc(Cl)cnc1Br)S(=O)(=O)c1ccc(Cl)c(C(F)(F)F)c1.COCN(c1cc(Cl)cnc1C(=O)c1cccc2[nH]c(=O)oc12)S(=O)(=O)c1ccc(Cl)c(C(F)(F)F)c1.COCN(c1cc(Cl)cnc1C(O)c1cccc2[nH]c(=O)oc12)S(=O)(=O)c1ccc(Cl)c(C(F)(F)F)c1.COc1cccc2[nH]c(=O)oc12.Cl.O=C(c1ncc(Cl)cc1NS(=O)(=O)c1ccc(Cl)c(C(F)(F)F)c1)c1cccc2[nH]c(=O)oc12. The average molecular weight is 2410 g/mol. The Balaban J connectivity index is 0.000000212. The molecule has 61 heteroatoms. The van der Waals surface area contributed by atoms with Crippen LogP contribution in [-0.4, -0.2) is 139 Å². The number of methoxy groups -OCH3 is 4. The number of hydrogen-bond acceptors (Lipinski definition) is 27. The number of nitrogens with one attached hydrogen (secondary N) is 5. The van der Waals surface area contributed by atoms with E-state index in [2.05, 4.69) is 55.8 Å². The number of carbonyl (C=O) groups is 2. The van der Waals surface area contributed by atoms with Crippen LogP contribution < -0.4 is 45.4 Å². The molecule has 16 aromatic rings. The Morgan fingerprint density at radius 1 is 0.409 bits per heavy atom. The van der Waals surface area contributed by atoms with E-state index in [-0.39, 0.29) is 119 Å². The minimum absolute atomic E-state index is 0. The number of pyridine rings is 4. The van der Waals surface area contributed by atoms with Crippen LogP contribution in [0.1, 0.15) is 86.6 Å². The number of para-hydroxylation sites is 4.